The number of hydrogen-bond acceptors (Lipinski definition) is 2. The molecule has 0 saturated heterocycles. The van der Waals surface area contributed by atoms with Gasteiger partial charge in [-0.05, 0) is 17.5 Å². The van der Waals surface area contributed by atoms with E-state index >= 15 is 0 Å². The fraction of sp³-hybridized carbons (Fsp3) is 0.643. The van der Waals surface area contributed by atoms with Gasteiger partial charge in [-0.1, -0.05) is 27.7 Å². The van der Waals surface area contributed by atoms with Gasteiger partial charge in [0.15, 0.2) is 0 Å². The Morgan fingerprint density at radius 2 is 2.00 bits per heavy atom. The number of aromatic amines is 1. The third-order valence-corrected chi connectivity index (χ3v) is 3.13. The van der Waals surface area contributed by atoms with Gasteiger partial charge < -0.3 is 15.4 Å². The minimum absolute atomic E-state index is 0.0167. The number of aliphatic carboxylic acids is 1. The highest BCUT2D eigenvalue weighted by atomic mass is 16.4. The van der Waals surface area contributed by atoms with Crippen LogP contribution in [0.2, 0.25) is 0 Å². The van der Waals surface area contributed by atoms with Gasteiger partial charge in [-0.25, -0.2) is 0 Å². The number of hydrogen-bond donors (Lipinski definition) is 3. The summed E-state index contributed by atoms with van der Waals surface area (Å²) in [5.41, 5.74) is 0.978. The van der Waals surface area contributed by atoms with Crippen LogP contribution < -0.4 is 5.32 Å². The molecule has 0 unspecified atom stereocenters. The number of rotatable bonds is 7. The molecule has 4 nitrogen and oxygen atoms in total. The average molecular weight is 252 g/mol. The molecular weight excluding hydrogens is 228 g/mol. The van der Waals surface area contributed by atoms with E-state index in [-0.39, 0.29) is 17.3 Å². The molecule has 18 heavy (non-hydrogen) atoms. The highest BCUT2D eigenvalue weighted by Crippen LogP contribution is 2.22. The molecule has 1 heterocycles. The quantitative estimate of drug-likeness (QED) is 0.698. The van der Waals surface area contributed by atoms with Crippen LogP contribution in [0.4, 0.5) is 0 Å². The summed E-state index contributed by atoms with van der Waals surface area (Å²) in [6.45, 7) is 9.78. The predicted molar refractivity (Wildman–Crippen MR) is 72.7 cm³/mol. The Balaban J connectivity index is 2.44. The van der Waals surface area contributed by atoms with Crippen LogP contribution in [0, 0.1) is 5.41 Å². The van der Waals surface area contributed by atoms with Crippen molar-refractivity contribution < 1.29 is 9.90 Å². The Morgan fingerprint density at radius 3 is 2.50 bits per heavy atom. The first-order valence-corrected chi connectivity index (χ1v) is 6.29. The predicted octanol–water partition coefficient (Wildman–Crippen LogP) is 2.38. The number of nitrogens with one attached hydrogen (secondary N) is 2. The summed E-state index contributed by atoms with van der Waals surface area (Å²) in [7, 11) is 0. The maximum atomic E-state index is 10.7. The van der Waals surface area contributed by atoms with Gasteiger partial charge in [0.1, 0.15) is 0 Å². The van der Waals surface area contributed by atoms with Gasteiger partial charge in [0.25, 0.3) is 0 Å². The van der Waals surface area contributed by atoms with E-state index in [9.17, 15) is 4.79 Å². The van der Waals surface area contributed by atoms with E-state index in [0.29, 0.717) is 6.54 Å². The Labute approximate surface area is 109 Å². The molecule has 102 valence electrons. The topological polar surface area (TPSA) is 65.1 Å². The summed E-state index contributed by atoms with van der Waals surface area (Å²) < 4.78 is 0. The molecule has 0 aliphatic heterocycles. The van der Waals surface area contributed by atoms with Crippen LogP contribution in [0.3, 0.4) is 0 Å². The molecule has 0 aliphatic rings. The number of carboxylic acid groups (broad SMARTS) is 1. The zero-order chi connectivity index (χ0) is 13.8. The Morgan fingerprint density at radius 1 is 1.33 bits per heavy atom. The van der Waals surface area contributed by atoms with Gasteiger partial charge in [-0.3, -0.25) is 4.79 Å². The zero-order valence-corrected chi connectivity index (χ0v) is 11.7. The Hall–Kier alpha value is -1.29. The minimum atomic E-state index is -0.745. The Kier molecular flexibility index (Phi) is 4.57. The van der Waals surface area contributed by atoms with E-state index in [1.807, 2.05) is 26.1 Å². The van der Waals surface area contributed by atoms with E-state index in [1.165, 1.54) is 5.69 Å². The van der Waals surface area contributed by atoms with Crippen LogP contribution >= 0.6 is 0 Å². The number of H-pyrrole nitrogens is 1. The molecule has 0 atom stereocenters. The van der Waals surface area contributed by atoms with Crippen molar-refractivity contribution in [2.24, 2.45) is 5.41 Å². The first-order chi connectivity index (χ1) is 8.23. The van der Waals surface area contributed by atoms with Crippen molar-refractivity contribution in [1.82, 2.24) is 10.3 Å². The van der Waals surface area contributed by atoms with Crippen molar-refractivity contribution in [3.05, 3.63) is 24.0 Å². The first kappa shape index (κ1) is 14.8. The summed E-state index contributed by atoms with van der Waals surface area (Å²) in [5.74, 6) is -0.745. The normalized spacial score (nSPS) is 12.7. The zero-order valence-electron chi connectivity index (χ0n) is 11.7. The molecule has 0 spiro atoms. The summed E-state index contributed by atoms with van der Waals surface area (Å²) >= 11 is 0. The third-order valence-electron chi connectivity index (χ3n) is 3.13. The molecule has 0 radical (unpaired) electrons. The van der Waals surface area contributed by atoms with Crippen molar-refractivity contribution in [2.75, 3.05) is 13.1 Å². The summed E-state index contributed by atoms with van der Waals surface area (Å²) in [5, 5.41) is 12.2. The summed E-state index contributed by atoms with van der Waals surface area (Å²) in [6.07, 6.45) is 2.11. The van der Waals surface area contributed by atoms with Gasteiger partial charge in [0.05, 0.1) is 6.42 Å². The van der Waals surface area contributed by atoms with Crippen molar-refractivity contribution in [3.63, 3.8) is 0 Å². The van der Waals surface area contributed by atoms with Crippen LogP contribution in [0.25, 0.3) is 0 Å². The monoisotopic (exact) mass is 252 g/mol. The van der Waals surface area contributed by atoms with Crippen LogP contribution in [0.5, 0.6) is 0 Å². The van der Waals surface area contributed by atoms with Crippen molar-refractivity contribution in [3.8, 4) is 0 Å². The van der Waals surface area contributed by atoms with Crippen molar-refractivity contribution in [1.29, 1.82) is 0 Å². The van der Waals surface area contributed by atoms with Gasteiger partial charge in [0, 0.05) is 30.4 Å². The molecular formula is C14H24N2O2. The average Bonchev–Trinajstić information content (AvgIpc) is 2.67. The lowest BCUT2D eigenvalue weighted by Gasteiger charge is -2.28. The van der Waals surface area contributed by atoms with E-state index in [4.69, 9.17) is 5.11 Å². The molecule has 1 aromatic rings. The highest BCUT2D eigenvalue weighted by Gasteiger charge is 2.25. The maximum absolute atomic E-state index is 10.7. The molecule has 4 heteroatoms. The molecule has 0 aromatic carbocycles. The second-order valence-corrected chi connectivity index (χ2v) is 6.31. The SMILES string of the molecule is CC(C)(CNCC(C)(C)c1ccc[nH]1)CC(=O)O. The summed E-state index contributed by atoms with van der Waals surface area (Å²) in [4.78, 5) is 14.0. The van der Waals surface area contributed by atoms with Crippen molar-refractivity contribution >= 4 is 5.97 Å². The van der Waals surface area contributed by atoms with Crippen LogP contribution in [0.1, 0.15) is 39.8 Å². The minimum Gasteiger partial charge on any atom is -0.481 e. The van der Waals surface area contributed by atoms with E-state index in [0.717, 1.165) is 6.54 Å². The van der Waals surface area contributed by atoms with E-state index < -0.39 is 5.97 Å². The number of carboxylic acids is 1. The Bertz CT molecular complexity index is 381. The van der Waals surface area contributed by atoms with Gasteiger partial charge in [0.2, 0.25) is 0 Å². The smallest absolute Gasteiger partial charge is 0.303 e. The lowest BCUT2D eigenvalue weighted by Crippen LogP contribution is -2.39. The fourth-order valence-corrected chi connectivity index (χ4v) is 2.03. The molecule has 0 amide bonds. The second-order valence-electron chi connectivity index (χ2n) is 6.31. The molecule has 0 saturated carbocycles. The van der Waals surface area contributed by atoms with Crippen LogP contribution in [-0.2, 0) is 10.2 Å². The summed E-state index contributed by atoms with van der Waals surface area (Å²) in [6, 6.07) is 4.07. The largest absolute Gasteiger partial charge is 0.481 e. The highest BCUT2D eigenvalue weighted by molar-refractivity contribution is 5.67. The number of carbonyl (C=O) groups is 1. The fourth-order valence-electron chi connectivity index (χ4n) is 2.03. The van der Waals surface area contributed by atoms with E-state index in [1.54, 1.807) is 0 Å². The molecule has 1 rings (SSSR count). The third kappa shape index (κ3) is 4.53. The molecule has 1 aromatic heterocycles. The van der Waals surface area contributed by atoms with E-state index in [2.05, 4.69) is 30.2 Å². The molecule has 0 aliphatic carbocycles. The molecule has 0 fully saturated rings. The lowest BCUT2D eigenvalue weighted by molar-refractivity contribution is -0.139. The second kappa shape index (κ2) is 5.57. The number of aromatic nitrogens is 1. The maximum Gasteiger partial charge on any atom is 0.303 e. The van der Waals surface area contributed by atoms with Gasteiger partial charge >= 0.3 is 5.97 Å². The van der Waals surface area contributed by atoms with Crippen LogP contribution in [0.15, 0.2) is 18.3 Å². The standard InChI is InChI=1S/C14H24N2O2/c1-13(2,8-12(17)18)9-15-10-14(3,4)11-6-5-7-16-11/h5-7,15-16H,8-10H2,1-4H3,(H,17,18). The molecule has 0 bridgehead atoms. The first-order valence-electron chi connectivity index (χ1n) is 6.29. The van der Waals surface area contributed by atoms with Gasteiger partial charge in [-0.15, -0.1) is 0 Å². The lowest BCUT2D eigenvalue weighted by atomic mass is 9.86. The van der Waals surface area contributed by atoms with Gasteiger partial charge in [-0.2, -0.15) is 0 Å². The van der Waals surface area contributed by atoms with Crippen molar-refractivity contribution in [2.45, 2.75) is 39.5 Å². The van der Waals surface area contributed by atoms with Crippen LogP contribution in [-0.4, -0.2) is 29.1 Å². The molecule has 3 N–H and O–H groups in total.